The highest BCUT2D eigenvalue weighted by Gasteiger charge is 2.52. The van der Waals surface area contributed by atoms with Crippen LogP contribution < -0.4 is 0 Å². The van der Waals surface area contributed by atoms with Gasteiger partial charge in [0, 0.05) is 47.0 Å². The van der Waals surface area contributed by atoms with Gasteiger partial charge in [-0.3, -0.25) is 28.8 Å². The molecule has 0 fully saturated rings. The van der Waals surface area contributed by atoms with Crippen molar-refractivity contribution >= 4 is 34.7 Å². The zero-order chi connectivity index (χ0) is 30.7. The molecule has 0 heterocycles. The highest BCUT2D eigenvalue weighted by molar-refractivity contribution is 6.29. The highest BCUT2D eigenvalue weighted by atomic mass is 16.3. The SMILES string of the molecule is CC1=CC(=O)c2c(O)c3c(c(O)c2C1=O)C(C1c2c(O)c4c(c(O)c2C(=O)CC1O)C(=O)C=C(C)C4=O)C(O)CC3=O. The van der Waals surface area contributed by atoms with Crippen LogP contribution in [0.2, 0.25) is 0 Å². The molecule has 2 aromatic rings. The number of allylic oxidation sites excluding steroid dienone is 4. The summed E-state index contributed by atoms with van der Waals surface area (Å²) in [7, 11) is 0. The Balaban J connectivity index is 1.70. The van der Waals surface area contributed by atoms with Crippen molar-refractivity contribution in [1.29, 1.82) is 0 Å². The van der Waals surface area contributed by atoms with E-state index < -0.39 is 139 Å². The van der Waals surface area contributed by atoms with Gasteiger partial charge in [-0.2, -0.15) is 0 Å². The van der Waals surface area contributed by atoms with Gasteiger partial charge in [0.25, 0.3) is 0 Å². The molecule has 6 N–H and O–H groups in total. The summed E-state index contributed by atoms with van der Waals surface area (Å²) in [5, 5.41) is 67.5. The third kappa shape index (κ3) is 3.30. The fourth-order valence-corrected chi connectivity index (χ4v) is 6.74. The summed E-state index contributed by atoms with van der Waals surface area (Å²) in [5.74, 6) is -12.2. The largest absolute Gasteiger partial charge is 0.507 e. The van der Waals surface area contributed by atoms with Gasteiger partial charge in [-0.05, 0) is 26.0 Å². The van der Waals surface area contributed by atoms with E-state index in [0.29, 0.717) is 0 Å². The van der Waals surface area contributed by atoms with Crippen LogP contribution in [0.25, 0.3) is 0 Å². The highest BCUT2D eigenvalue weighted by Crippen LogP contribution is 2.57. The molecular formula is C30H22O12. The van der Waals surface area contributed by atoms with Crippen molar-refractivity contribution in [2.75, 3.05) is 0 Å². The predicted molar refractivity (Wildman–Crippen MR) is 140 cm³/mol. The molecule has 2 aromatic carbocycles. The normalized spacial score (nSPS) is 25.0. The quantitative estimate of drug-likeness (QED) is 0.269. The van der Waals surface area contributed by atoms with Crippen LogP contribution in [0.1, 0.15) is 112 Å². The first-order valence-corrected chi connectivity index (χ1v) is 12.9. The molecule has 0 bridgehead atoms. The molecule has 12 nitrogen and oxygen atoms in total. The second kappa shape index (κ2) is 8.78. The topological polar surface area (TPSA) is 224 Å². The van der Waals surface area contributed by atoms with Crippen LogP contribution >= 0.6 is 0 Å². The molecular weight excluding hydrogens is 552 g/mol. The zero-order valence-electron chi connectivity index (χ0n) is 22.0. The van der Waals surface area contributed by atoms with Crippen LogP contribution in [-0.2, 0) is 0 Å². The molecule has 6 rings (SSSR count). The molecule has 42 heavy (non-hydrogen) atoms. The molecule has 214 valence electrons. The standard InChI is InChI=1S/C30H22O12/c1-7-3-9(31)19-23(25(7)37)29(41)21-15(11(33)5-13(35)17(21)27(19)39)16-12(34)6-14(36)18-22(16)30(42)24-20(28(18)40)10(32)4-8(2)26(24)38/h3-4,11-12,15-16,33-34,39-42H,5-6H2,1-2H3. The smallest absolute Gasteiger partial charge is 0.193 e. The maximum atomic E-state index is 13.1. The van der Waals surface area contributed by atoms with E-state index in [-0.39, 0.29) is 11.1 Å². The van der Waals surface area contributed by atoms with Crippen molar-refractivity contribution in [3.63, 3.8) is 0 Å². The third-order valence-electron chi connectivity index (χ3n) is 8.56. The summed E-state index contributed by atoms with van der Waals surface area (Å²) in [6.07, 6.45) is -3.05. The minimum atomic E-state index is -1.75. The molecule has 0 aliphatic heterocycles. The van der Waals surface area contributed by atoms with Crippen LogP contribution in [0.15, 0.2) is 23.3 Å². The molecule has 0 aromatic heterocycles. The maximum Gasteiger partial charge on any atom is 0.193 e. The minimum absolute atomic E-state index is 0.0872. The predicted octanol–water partition coefficient (Wildman–Crippen LogP) is 1.92. The Morgan fingerprint density at radius 1 is 0.524 bits per heavy atom. The first-order chi connectivity index (χ1) is 19.7. The molecule has 4 unspecified atom stereocenters. The van der Waals surface area contributed by atoms with E-state index >= 15 is 0 Å². The molecule has 4 atom stereocenters. The van der Waals surface area contributed by atoms with Crippen molar-refractivity contribution in [1.82, 2.24) is 0 Å². The van der Waals surface area contributed by atoms with Crippen LogP contribution in [0, 0.1) is 0 Å². The summed E-state index contributed by atoms with van der Waals surface area (Å²) in [4.78, 5) is 77.8. The lowest BCUT2D eigenvalue weighted by Crippen LogP contribution is -2.41. The molecule has 4 aliphatic carbocycles. The Morgan fingerprint density at radius 3 is 1.19 bits per heavy atom. The molecule has 12 heteroatoms. The van der Waals surface area contributed by atoms with Gasteiger partial charge in [-0.1, -0.05) is 0 Å². The second-order valence-corrected chi connectivity index (χ2v) is 11.0. The molecule has 0 saturated carbocycles. The van der Waals surface area contributed by atoms with E-state index in [2.05, 4.69) is 0 Å². The number of Topliss-reactive ketones (excluding diaryl/α,β-unsaturated/α-hetero) is 4. The second-order valence-electron chi connectivity index (χ2n) is 11.0. The summed E-state index contributed by atoms with van der Waals surface area (Å²) >= 11 is 0. The molecule has 0 saturated heterocycles. The number of carbonyl (C=O) groups is 6. The van der Waals surface area contributed by atoms with Gasteiger partial charge in [-0.15, -0.1) is 0 Å². The Hall–Kier alpha value is -4.94. The summed E-state index contributed by atoms with van der Waals surface area (Å²) in [5.41, 5.74) is -4.94. The summed E-state index contributed by atoms with van der Waals surface area (Å²) in [6.45, 7) is 2.59. The van der Waals surface area contributed by atoms with E-state index in [0.717, 1.165) is 12.2 Å². The van der Waals surface area contributed by atoms with Gasteiger partial charge >= 0.3 is 0 Å². The van der Waals surface area contributed by atoms with Crippen molar-refractivity contribution in [2.45, 2.75) is 50.7 Å². The third-order valence-corrected chi connectivity index (χ3v) is 8.56. The fraction of sp³-hybridized carbons (Fsp3) is 0.267. The number of rotatable bonds is 1. The number of hydrogen-bond donors (Lipinski definition) is 6. The van der Waals surface area contributed by atoms with Crippen LogP contribution in [0.5, 0.6) is 23.0 Å². The lowest BCUT2D eigenvalue weighted by atomic mass is 9.63. The van der Waals surface area contributed by atoms with E-state index in [1.165, 1.54) is 13.8 Å². The van der Waals surface area contributed by atoms with Gasteiger partial charge in [0.2, 0.25) is 0 Å². The molecule has 0 amide bonds. The number of fused-ring (bicyclic) bond motifs is 4. The van der Waals surface area contributed by atoms with Gasteiger partial charge < -0.3 is 30.6 Å². The number of aliphatic hydroxyl groups excluding tert-OH is 2. The first kappa shape index (κ1) is 27.2. The molecule has 0 spiro atoms. The monoisotopic (exact) mass is 574 g/mol. The number of benzene rings is 2. The Kier molecular flexibility index (Phi) is 5.69. The fourth-order valence-electron chi connectivity index (χ4n) is 6.74. The number of carbonyl (C=O) groups excluding carboxylic acids is 6. The van der Waals surface area contributed by atoms with Crippen LogP contribution in [0.4, 0.5) is 0 Å². The van der Waals surface area contributed by atoms with Crippen molar-refractivity contribution < 1.29 is 59.4 Å². The maximum absolute atomic E-state index is 13.1. The van der Waals surface area contributed by atoms with E-state index in [1.807, 2.05) is 0 Å². The van der Waals surface area contributed by atoms with E-state index in [9.17, 15) is 59.4 Å². The van der Waals surface area contributed by atoms with Crippen LogP contribution in [0.3, 0.4) is 0 Å². The Bertz CT molecular complexity index is 1710. The Labute approximate surface area is 235 Å². The van der Waals surface area contributed by atoms with Crippen molar-refractivity contribution in [2.24, 2.45) is 0 Å². The van der Waals surface area contributed by atoms with Gasteiger partial charge in [0.05, 0.1) is 45.6 Å². The summed E-state index contributed by atoms with van der Waals surface area (Å²) < 4.78 is 0. The van der Waals surface area contributed by atoms with E-state index in [1.54, 1.807) is 0 Å². The molecule has 0 radical (unpaired) electrons. The number of aliphatic hydroxyl groups is 2. The van der Waals surface area contributed by atoms with Crippen molar-refractivity contribution in [3.05, 3.63) is 67.8 Å². The summed E-state index contributed by atoms with van der Waals surface area (Å²) in [6, 6.07) is 0. The number of phenolic OH excluding ortho intramolecular Hbond substituents is 4. The van der Waals surface area contributed by atoms with E-state index in [4.69, 9.17) is 0 Å². The van der Waals surface area contributed by atoms with Gasteiger partial charge in [-0.25, -0.2) is 0 Å². The molecule has 4 aliphatic rings. The lowest BCUT2D eigenvalue weighted by molar-refractivity contribution is 0.0443. The number of hydrogen-bond acceptors (Lipinski definition) is 12. The number of ketones is 6. The number of phenols is 4. The van der Waals surface area contributed by atoms with Crippen molar-refractivity contribution in [3.8, 4) is 23.0 Å². The average molecular weight is 574 g/mol. The zero-order valence-corrected chi connectivity index (χ0v) is 22.0. The Morgan fingerprint density at radius 2 is 0.857 bits per heavy atom. The minimum Gasteiger partial charge on any atom is -0.507 e. The van der Waals surface area contributed by atoms with Crippen LogP contribution in [-0.4, -0.2) is 77.5 Å². The van der Waals surface area contributed by atoms with Gasteiger partial charge in [0.1, 0.15) is 23.0 Å². The lowest BCUT2D eigenvalue weighted by Gasteiger charge is -2.42. The average Bonchev–Trinajstić information content (AvgIpc) is 2.90. The number of aromatic hydroxyl groups is 4. The van der Waals surface area contributed by atoms with Gasteiger partial charge in [0.15, 0.2) is 34.7 Å². The first-order valence-electron chi connectivity index (χ1n) is 12.9.